The molecule has 0 bridgehead atoms. The first-order chi connectivity index (χ1) is 14.1. The van der Waals surface area contributed by atoms with Crippen LogP contribution in [0.4, 0.5) is 0 Å². The zero-order chi connectivity index (χ0) is 22.7. The highest BCUT2D eigenvalue weighted by Gasteiger charge is 2.01. The predicted molar refractivity (Wildman–Crippen MR) is 160 cm³/mol. The van der Waals surface area contributed by atoms with Gasteiger partial charge >= 0.3 is 0 Å². The van der Waals surface area contributed by atoms with E-state index in [1.165, 1.54) is 27.4 Å². The van der Waals surface area contributed by atoms with Gasteiger partial charge in [-0.1, -0.05) is 84.0 Å². The Kier molecular flexibility index (Phi) is 13.8. The topological polar surface area (TPSA) is 0 Å². The Hall–Kier alpha value is -0.150. The highest BCUT2D eigenvalue weighted by atomic mass is 127. The molecule has 0 heterocycles. The van der Waals surface area contributed by atoms with Gasteiger partial charge in [-0.05, 0) is 133 Å². The van der Waals surface area contributed by atoms with Crippen LogP contribution in [-0.4, -0.2) is 0 Å². The molecular formula is C27H33I3. The second-order valence-electron chi connectivity index (χ2n) is 8.09. The molecular weight excluding hydrogens is 705 g/mol. The van der Waals surface area contributed by atoms with Crippen molar-refractivity contribution in [2.45, 2.75) is 59.3 Å². The number of benzene rings is 3. The standard InChI is InChI=1S/3C9H11I/c1-7(2)8-3-5-9(10)6-4-8;1-7(2)8-4-3-5-9(10)6-8;1-7(2)8-5-3-4-6-9(8)10/h3*3-7H,1-2H3. The second-order valence-corrected chi connectivity index (χ2v) is 11.7. The molecule has 0 saturated heterocycles. The summed E-state index contributed by atoms with van der Waals surface area (Å²) in [4.78, 5) is 0. The van der Waals surface area contributed by atoms with Gasteiger partial charge in [0.2, 0.25) is 0 Å². The van der Waals surface area contributed by atoms with Crippen LogP contribution in [0, 0.1) is 10.7 Å². The van der Waals surface area contributed by atoms with E-state index >= 15 is 0 Å². The normalized spacial score (nSPS) is 10.4. The van der Waals surface area contributed by atoms with Gasteiger partial charge in [-0.2, -0.15) is 0 Å². The molecule has 162 valence electrons. The molecule has 0 unspecified atom stereocenters. The summed E-state index contributed by atoms with van der Waals surface area (Å²) in [6, 6.07) is 25.8. The van der Waals surface area contributed by atoms with E-state index in [1.54, 1.807) is 0 Å². The molecule has 0 aliphatic carbocycles. The first kappa shape index (κ1) is 27.9. The molecule has 0 nitrogen and oxygen atoms in total. The van der Waals surface area contributed by atoms with E-state index in [4.69, 9.17) is 0 Å². The Bertz CT molecular complexity index is 865. The number of rotatable bonds is 3. The van der Waals surface area contributed by atoms with Crippen molar-refractivity contribution in [3.05, 3.63) is 100 Å². The number of hydrogen-bond acceptors (Lipinski definition) is 0. The lowest BCUT2D eigenvalue weighted by Crippen LogP contribution is -1.89. The molecule has 0 amide bonds. The van der Waals surface area contributed by atoms with Gasteiger partial charge in [-0.25, -0.2) is 0 Å². The average molecular weight is 738 g/mol. The highest BCUT2D eigenvalue weighted by molar-refractivity contribution is 14.1. The van der Waals surface area contributed by atoms with E-state index in [9.17, 15) is 0 Å². The summed E-state index contributed by atoms with van der Waals surface area (Å²) < 4.78 is 4.00. The summed E-state index contributed by atoms with van der Waals surface area (Å²) in [6.07, 6.45) is 0. The molecule has 3 aromatic carbocycles. The molecule has 0 spiro atoms. The summed E-state index contributed by atoms with van der Waals surface area (Å²) in [7, 11) is 0. The van der Waals surface area contributed by atoms with Crippen LogP contribution in [-0.2, 0) is 0 Å². The van der Waals surface area contributed by atoms with Crippen LogP contribution >= 0.6 is 67.8 Å². The van der Waals surface area contributed by atoms with Crippen molar-refractivity contribution in [3.8, 4) is 0 Å². The summed E-state index contributed by atoms with van der Waals surface area (Å²) in [6.45, 7) is 13.3. The SMILES string of the molecule is CC(C)c1ccc(I)cc1.CC(C)c1cccc(I)c1.CC(C)c1ccccc1I. The van der Waals surface area contributed by atoms with E-state index in [1.807, 2.05) is 0 Å². The van der Waals surface area contributed by atoms with Crippen molar-refractivity contribution in [2.75, 3.05) is 0 Å². The first-order valence-corrected chi connectivity index (χ1v) is 13.6. The lowest BCUT2D eigenvalue weighted by molar-refractivity contribution is 0.860. The Morgan fingerprint density at radius 1 is 0.500 bits per heavy atom. The van der Waals surface area contributed by atoms with Gasteiger partial charge in [0.15, 0.2) is 0 Å². The van der Waals surface area contributed by atoms with Gasteiger partial charge < -0.3 is 0 Å². The Morgan fingerprint density at radius 2 is 1.07 bits per heavy atom. The molecule has 0 aromatic heterocycles. The maximum atomic E-state index is 2.38. The molecule has 3 rings (SSSR count). The lowest BCUT2D eigenvalue weighted by atomic mass is 10.0. The van der Waals surface area contributed by atoms with Crippen LogP contribution in [0.1, 0.15) is 76.0 Å². The fraction of sp³-hybridized carbons (Fsp3) is 0.333. The van der Waals surface area contributed by atoms with E-state index in [0.29, 0.717) is 17.8 Å². The van der Waals surface area contributed by atoms with Crippen molar-refractivity contribution in [1.29, 1.82) is 0 Å². The molecule has 3 aromatic rings. The van der Waals surface area contributed by atoms with Gasteiger partial charge in [-0.3, -0.25) is 0 Å². The third-order valence-electron chi connectivity index (χ3n) is 4.58. The summed E-state index contributed by atoms with van der Waals surface area (Å²) in [5, 5.41) is 0. The third-order valence-corrected chi connectivity index (χ3v) is 6.95. The zero-order valence-electron chi connectivity index (χ0n) is 18.8. The Balaban J connectivity index is 0.000000225. The molecule has 3 heteroatoms. The molecule has 0 radical (unpaired) electrons. The quantitative estimate of drug-likeness (QED) is 0.235. The van der Waals surface area contributed by atoms with E-state index in [-0.39, 0.29) is 0 Å². The molecule has 0 atom stereocenters. The summed E-state index contributed by atoms with van der Waals surface area (Å²) >= 11 is 7.03. The summed E-state index contributed by atoms with van der Waals surface area (Å²) in [5.41, 5.74) is 4.29. The van der Waals surface area contributed by atoms with Gasteiger partial charge in [-0.15, -0.1) is 0 Å². The van der Waals surface area contributed by atoms with Crippen LogP contribution in [0.15, 0.2) is 72.8 Å². The average Bonchev–Trinajstić information content (AvgIpc) is 2.69. The Morgan fingerprint density at radius 3 is 1.47 bits per heavy atom. The van der Waals surface area contributed by atoms with E-state index in [0.717, 1.165) is 0 Å². The van der Waals surface area contributed by atoms with Gasteiger partial charge in [0.1, 0.15) is 0 Å². The largest absolute Gasteiger partial charge is 0.0619 e. The highest BCUT2D eigenvalue weighted by Crippen LogP contribution is 2.20. The van der Waals surface area contributed by atoms with Crippen molar-refractivity contribution < 1.29 is 0 Å². The minimum absolute atomic E-state index is 0.646. The maximum Gasteiger partial charge on any atom is 0.0164 e. The van der Waals surface area contributed by atoms with Gasteiger partial charge in [0.25, 0.3) is 0 Å². The van der Waals surface area contributed by atoms with Crippen LogP contribution in [0.25, 0.3) is 0 Å². The molecule has 30 heavy (non-hydrogen) atoms. The van der Waals surface area contributed by atoms with Crippen molar-refractivity contribution in [3.63, 3.8) is 0 Å². The predicted octanol–water partition coefficient (Wildman–Crippen LogP) is 10.2. The van der Waals surface area contributed by atoms with Crippen LogP contribution in [0.3, 0.4) is 0 Å². The van der Waals surface area contributed by atoms with Gasteiger partial charge in [0, 0.05) is 10.7 Å². The minimum atomic E-state index is 0.646. The van der Waals surface area contributed by atoms with Crippen LogP contribution in [0.2, 0.25) is 0 Å². The fourth-order valence-corrected chi connectivity index (χ4v) is 4.59. The molecule has 0 N–H and O–H groups in total. The van der Waals surface area contributed by atoms with E-state index in [2.05, 4.69) is 182 Å². The monoisotopic (exact) mass is 738 g/mol. The lowest BCUT2D eigenvalue weighted by Gasteiger charge is -2.06. The molecule has 0 saturated carbocycles. The minimum Gasteiger partial charge on any atom is -0.0619 e. The maximum absolute atomic E-state index is 2.38. The van der Waals surface area contributed by atoms with Crippen LogP contribution < -0.4 is 0 Å². The third kappa shape index (κ3) is 10.9. The summed E-state index contributed by atoms with van der Waals surface area (Å²) in [5.74, 6) is 1.94. The fourth-order valence-electron chi connectivity index (χ4n) is 2.66. The van der Waals surface area contributed by atoms with Crippen molar-refractivity contribution >= 4 is 67.8 Å². The number of halogens is 3. The van der Waals surface area contributed by atoms with Gasteiger partial charge in [0.05, 0.1) is 0 Å². The van der Waals surface area contributed by atoms with Crippen molar-refractivity contribution in [2.24, 2.45) is 0 Å². The zero-order valence-corrected chi connectivity index (χ0v) is 25.3. The molecule has 0 aliphatic rings. The number of hydrogen-bond donors (Lipinski definition) is 0. The molecule has 0 fully saturated rings. The van der Waals surface area contributed by atoms with Crippen LogP contribution in [0.5, 0.6) is 0 Å². The first-order valence-electron chi connectivity index (χ1n) is 10.4. The smallest absolute Gasteiger partial charge is 0.0164 e. The van der Waals surface area contributed by atoms with Crippen molar-refractivity contribution in [1.82, 2.24) is 0 Å². The second kappa shape index (κ2) is 14.8. The van der Waals surface area contributed by atoms with E-state index < -0.39 is 0 Å². The Labute approximate surface area is 225 Å². The molecule has 0 aliphatic heterocycles.